The molecule has 5 nitrogen and oxygen atoms in total. The van der Waals surface area contributed by atoms with Gasteiger partial charge in [0, 0.05) is 40.3 Å². The summed E-state index contributed by atoms with van der Waals surface area (Å²) in [5, 5.41) is 0. The predicted octanol–water partition coefficient (Wildman–Crippen LogP) is 12.2. The number of aromatic nitrogens is 3. The molecule has 258 valence electrons. The largest absolute Gasteiger partial charge is 0.344 e. The average Bonchev–Trinajstić information content (AvgIpc) is 3.78. The fraction of sp³-hybridized carbons (Fsp3) is 0.122. The summed E-state index contributed by atoms with van der Waals surface area (Å²) < 4.78 is 0.323. The molecular formula is C49H38N5+. The molecule has 54 heavy (non-hydrogen) atoms. The van der Waals surface area contributed by atoms with Gasteiger partial charge in [0.2, 0.25) is 5.95 Å². The highest BCUT2D eigenvalue weighted by Crippen LogP contribution is 2.60. The molecule has 6 aromatic carbocycles. The fourth-order valence-electron chi connectivity index (χ4n) is 9.47. The zero-order valence-corrected chi connectivity index (χ0v) is 30.5. The first kappa shape index (κ1) is 31.1. The van der Waals surface area contributed by atoms with Gasteiger partial charge in [-0.2, -0.15) is 14.5 Å². The van der Waals surface area contributed by atoms with Gasteiger partial charge in [0.1, 0.15) is 0 Å². The summed E-state index contributed by atoms with van der Waals surface area (Å²) >= 11 is 0. The van der Waals surface area contributed by atoms with Crippen LogP contribution in [0.2, 0.25) is 0 Å². The van der Waals surface area contributed by atoms with Crippen LogP contribution in [-0.4, -0.2) is 22.0 Å². The molecule has 0 amide bonds. The Kier molecular flexibility index (Phi) is 6.51. The van der Waals surface area contributed by atoms with E-state index >= 15 is 0 Å². The quantitative estimate of drug-likeness (QED) is 0.172. The predicted molar refractivity (Wildman–Crippen MR) is 220 cm³/mol. The van der Waals surface area contributed by atoms with Crippen molar-refractivity contribution in [2.75, 3.05) is 11.9 Å². The summed E-state index contributed by atoms with van der Waals surface area (Å²) in [4.78, 5) is 18.6. The summed E-state index contributed by atoms with van der Waals surface area (Å²) in [6, 6.07) is 50.3. The first-order valence-electron chi connectivity index (χ1n) is 18.8. The van der Waals surface area contributed by atoms with E-state index in [9.17, 15) is 0 Å². The molecule has 5 heteroatoms. The molecule has 0 saturated heterocycles. The van der Waals surface area contributed by atoms with Gasteiger partial charge in [0.25, 0.3) is 0 Å². The smallest absolute Gasteiger partial charge is 0.282 e. The van der Waals surface area contributed by atoms with Crippen molar-refractivity contribution in [3.63, 3.8) is 0 Å². The summed E-state index contributed by atoms with van der Waals surface area (Å²) in [7, 11) is 2.26. The molecule has 3 heterocycles. The van der Waals surface area contributed by atoms with Crippen molar-refractivity contribution in [3.8, 4) is 44.8 Å². The maximum Gasteiger partial charge on any atom is 0.344 e. The fourth-order valence-corrected chi connectivity index (χ4v) is 9.47. The van der Waals surface area contributed by atoms with Gasteiger partial charge in [-0.25, -0.2) is 0 Å². The van der Waals surface area contributed by atoms with E-state index in [0.717, 1.165) is 28.9 Å². The Bertz CT molecular complexity index is 2740. The van der Waals surface area contributed by atoms with Gasteiger partial charge < -0.3 is 0 Å². The van der Waals surface area contributed by atoms with E-state index in [0.29, 0.717) is 22.2 Å². The lowest BCUT2D eigenvalue weighted by Gasteiger charge is -2.29. The lowest BCUT2D eigenvalue weighted by atomic mass is 9.81. The van der Waals surface area contributed by atoms with Crippen LogP contribution in [0.5, 0.6) is 0 Å². The Morgan fingerprint density at radius 2 is 1.31 bits per heavy atom. The highest BCUT2D eigenvalue weighted by atomic mass is 15.5. The first-order chi connectivity index (χ1) is 26.4. The summed E-state index contributed by atoms with van der Waals surface area (Å²) in [5.41, 5.74) is 16.9. The molecule has 2 aliphatic heterocycles. The number of fused-ring (bicyclic) bond motifs is 9. The molecule has 0 radical (unpaired) electrons. The minimum absolute atomic E-state index is 0.108. The van der Waals surface area contributed by atoms with Crippen molar-refractivity contribution in [2.24, 2.45) is 0 Å². The van der Waals surface area contributed by atoms with Gasteiger partial charge in [-0.15, -0.1) is 4.98 Å². The zero-order valence-electron chi connectivity index (χ0n) is 30.5. The van der Waals surface area contributed by atoms with Crippen LogP contribution in [0.4, 0.5) is 29.0 Å². The van der Waals surface area contributed by atoms with Crippen LogP contribution in [0, 0.1) is 0 Å². The Labute approximate surface area is 315 Å². The number of nitrogens with zero attached hydrogens (tertiary/aromatic N) is 5. The number of rotatable bonds is 4. The van der Waals surface area contributed by atoms with Crippen LogP contribution in [0.3, 0.4) is 0 Å². The molecule has 0 spiro atoms. The maximum atomic E-state index is 5.52. The third-order valence-corrected chi connectivity index (χ3v) is 12.3. The molecule has 2 unspecified atom stereocenters. The van der Waals surface area contributed by atoms with Gasteiger partial charge in [-0.3, -0.25) is 4.90 Å². The molecule has 0 bridgehead atoms. The second kappa shape index (κ2) is 11.3. The monoisotopic (exact) mass is 696 g/mol. The molecule has 7 aromatic rings. The third-order valence-electron chi connectivity index (χ3n) is 12.3. The van der Waals surface area contributed by atoms with Gasteiger partial charge in [-0.05, 0) is 69.6 Å². The Balaban J connectivity index is 1.16. The van der Waals surface area contributed by atoms with Crippen molar-refractivity contribution in [1.29, 1.82) is 0 Å². The van der Waals surface area contributed by atoms with Gasteiger partial charge in [-0.1, -0.05) is 135 Å². The van der Waals surface area contributed by atoms with E-state index in [1.54, 1.807) is 0 Å². The number of anilines is 2. The highest BCUT2D eigenvalue weighted by Gasteiger charge is 2.49. The SMILES string of the molecule is CC1(C)c2ccccc2-c2cc3c(cc21)-c1ccccc1[N+]3(C)c1nc(-c2ccc(-c3ccccc3)cc2)nc(N2C3=CC=CCC3c3ccccc32)n1. The number of hydrogen-bond donors (Lipinski definition) is 0. The molecule has 0 saturated carbocycles. The van der Waals surface area contributed by atoms with Gasteiger partial charge in [0.15, 0.2) is 17.2 Å². The maximum absolute atomic E-state index is 5.52. The lowest BCUT2D eigenvalue weighted by Crippen LogP contribution is -2.34. The van der Waals surface area contributed by atoms with Crippen LogP contribution in [-0.2, 0) is 5.41 Å². The van der Waals surface area contributed by atoms with Gasteiger partial charge in [0.05, 0.1) is 18.3 Å². The minimum Gasteiger partial charge on any atom is -0.282 e. The van der Waals surface area contributed by atoms with Crippen LogP contribution in [0.1, 0.15) is 42.9 Å². The molecular weight excluding hydrogens is 659 g/mol. The highest BCUT2D eigenvalue weighted by molar-refractivity contribution is 6.01. The second-order valence-corrected chi connectivity index (χ2v) is 15.5. The van der Waals surface area contributed by atoms with Crippen molar-refractivity contribution in [1.82, 2.24) is 19.4 Å². The third kappa shape index (κ3) is 4.27. The summed E-state index contributed by atoms with van der Waals surface area (Å²) in [6.45, 7) is 4.70. The molecule has 11 rings (SSSR count). The molecule has 0 N–H and O–H groups in total. The Hall–Kier alpha value is -6.43. The normalized spacial score (nSPS) is 19.4. The van der Waals surface area contributed by atoms with Crippen LogP contribution in [0.15, 0.2) is 163 Å². The van der Waals surface area contributed by atoms with E-state index in [4.69, 9.17) is 15.0 Å². The molecule has 2 aliphatic carbocycles. The number of hydrogen-bond acceptors (Lipinski definition) is 4. The minimum atomic E-state index is -0.108. The molecule has 2 atom stereocenters. The van der Waals surface area contributed by atoms with E-state index in [1.165, 1.54) is 55.9 Å². The topological polar surface area (TPSA) is 41.9 Å². The van der Waals surface area contributed by atoms with Gasteiger partial charge >= 0.3 is 5.95 Å². The second-order valence-electron chi connectivity index (χ2n) is 15.5. The first-order valence-corrected chi connectivity index (χ1v) is 18.8. The van der Waals surface area contributed by atoms with Crippen molar-refractivity contribution < 1.29 is 0 Å². The zero-order chi connectivity index (χ0) is 36.2. The number of quaternary nitrogens is 1. The molecule has 4 aliphatic rings. The van der Waals surface area contributed by atoms with Crippen LogP contribution >= 0.6 is 0 Å². The van der Waals surface area contributed by atoms with Crippen molar-refractivity contribution >= 4 is 29.0 Å². The summed E-state index contributed by atoms with van der Waals surface area (Å²) in [5.74, 6) is 2.23. The van der Waals surface area contributed by atoms with Crippen molar-refractivity contribution in [2.45, 2.75) is 31.6 Å². The van der Waals surface area contributed by atoms with E-state index in [2.05, 4.69) is 184 Å². The number of allylic oxidation sites excluding steroid dienone is 4. The van der Waals surface area contributed by atoms with E-state index < -0.39 is 0 Å². The molecule has 1 aromatic heterocycles. The van der Waals surface area contributed by atoms with Crippen molar-refractivity contribution in [3.05, 3.63) is 180 Å². The van der Waals surface area contributed by atoms with E-state index in [-0.39, 0.29) is 11.3 Å². The number of para-hydroxylation sites is 2. The standard InChI is InChI=1S/C49H38N5/c1-49(2)40-21-11-7-17-34(40)38-30-45-39(29-41(38)49)37-20-10-14-24-44(37)54(45,3)48-51-46(33-27-25-32(26-28-33)31-15-5-4-6-16-31)50-47(52-48)53-42-22-12-8-18-35(42)36-19-9-13-23-43(36)53/h4-18,20-30,36H,19H2,1-3H3/q+1. The number of benzene rings is 6. The Morgan fingerprint density at radius 3 is 2.17 bits per heavy atom. The Morgan fingerprint density at radius 1 is 0.611 bits per heavy atom. The summed E-state index contributed by atoms with van der Waals surface area (Å²) in [6.07, 6.45) is 7.60. The van der Waals surface area contributed by atoms with Crippen LogP contribution < -0.4 is 9.38 Å². The molecule has 0 fully saturated rings. The lowest BCUT2D eigenvalue weighted by molar-refractivity contribution is 0.598. The van der Waals surface area contributed by atoms with Crippen LogP contribution in [0.25, 0.3) is 44.8 Å². The average molecular weight is 697 g/mol. The van der Waals surface area contributed by atoms with E-state index in [1.807, 2.05) is 0 Å².